The van der Waals surface area contributed by atoms with Crippen LogP contribution < -0.4 is 59.7 Å². The number of aromatic nitrogens is 1. The van der Waals surface area contributed by atoms with Gasteiger partial charge in [0.05, 0.1) is 13.1 Å². The van der Waals surface area contributed by atoms with Crippen molar-refractivity contribution in [1.29, 1.82) is 0 Å². The number of carbonyl (C=O) groups excluding carboxylic acids is 10. The van der Waals surface area contributed by atoms with Crippen LogP contribution in [-0.2, 0) is 60.8 Å². The number of hydrogen-bond donors (Lipinski definition) is 12. The Kier molecular flexibility index (Phi) is 20.8. The number of para-hydroxylation sites is 1. The first-order valence-electron chi connectivity index (χ1n) is 24.8. The largest absolute Gasteiger partial charge is 0.370 e. The van der Waals surface area contributed by atoms with Gasteiger partial charge < -0.3 is 69.6 Å². The number of fused-ring (bicyclic) bond motifs is 2. The second-order valence-corrected chi connectivity index (χ2v) is 19.2. The van der Waals surface area contributed by atoms with Gasteiger partial charge in [0.25, 0.3) is 0 Å². The van der Waals surface area contributed by atoms with E-state index in [2.05, 4.69) is 52.5 Å². The van der Waals surface area contributed by atoms with E-state index in [1.165, 1.54) is 4.90 Å². The quantitative estimate of drug-likeness (QED) is 0.0387. The monoisotopic (exact) mass is 1030 g/mol. The van der Waals surface area contributed by atoms with E-state index in [9.17, 15) is 47.9 Å². The molecule has 10 amide bonds. The van der Waals surface area contributed by atoms with Crippen LogP contribution in [0.1, 0.15) is 77.3 Å². The maximum Gasteiger partial charge on any atom is 0.243 e. The number of primary amides is 1. The molecule has 0 spiro atoms. The number of benzene rings is 2. The molecule has 3 aromatic rings. The molecule has 0 aliphatic carbocycles. The fourth-order valence-corrected chi connectivity index (χ4v) is 8.74. The predicted octanol–water partition coefficient (Wildman–Crippen LogP) is -2.27. The summed E-state index contributed by atoms with van der Waals surface area (Å²) in [6.07, 6.45) is 1.57. The van der Waals surface area contributed by atoms with Crippen molar-refractivity contribution in [2.45, 2.75) is 121 Å². The standard InChI is InChI=1S/C50H70N14O10/c1-27(2)41(48(73)57-25-38(51)65)63-49(74)42(28(3)4)62-44(69)34-18-19-39(66)56-26-40(67)64-21-11-17-37(64)47(72)61-35(22-29-12-6-5-7-13-29)45(70)58-33(16-10-20-54-50(52)53)43(68)60-36(46(71)59-34)23-30-24-55-32-15-9-8-14-31(30)32/h5-9,12-15,24,27-28,33-37,41-42,55H,10-11,16-23,25-26H2,1-4H3,(H2,51,65)(H,56,66)(H,57,73)(H,58,70)(H,59,71)(H,60,68)(H,61,72)(H,62,69)(H,63,74)(H4,52,53,54)/t33-,34-,35+,36-,37-,41-,42-/m0/s1. The lowest BCUT2D eigenvalue weighted by Crippen LogP contribution is -2.61. The van der Waals surface area contributed by atoms with Crippen molar-refractivity contribution in [3.63, 3.8) is 0 Å². The summed E-state index contributed by atoms with van der Waals surface area (Å²) >= 11 is 0. The average Bonchev–Trinajstić information content (AvgIpc) is 4.03. The van der Waals surface area contributed by atoms with Crippen LogP contribution in [-0.4, -0.2) is 143 Å². The zero-order valence-corrected chi connectivity index (χ0v) is 42.2. The molecule has 7 atom stereocenters. The van der Waals surface area contributed by atoms with Crippen LogP contribution in [0.25, 0.3) is 10.9 Å². The Labute approximate surface area is 428 Å². The molecule has 0 unspecified atom stereocenters. The second kappa shape index (κ2) is 27.1. The third-order valence-electron chi connectivity index (χ3n) is 12.8. The molecule has 24 heteroatoms. The molecular weight excluding hydrogens is 957 g/mol. The van der Waals surface area contributed by atoms with Gasteiger partial charge in [-0.3, -0.25) is 52.9 Å². The van der Waals surface area contributed by atoms with Gasteiger partial charge in [-0.05, 0) is 61.1 Å². The van der Waals surface area contributed by atoms with E-state index in [0.29, 0.717) is 17.5 Å². The van der Waals surface area contributed by atoms with Crippen molar-refractivity contribution >= 4 is 75.9 Å². The zero-order chi connectivity index (χ0) is 54.1. The summed E-state index contributed by atoms with van der Waals surface area (Å²) in [6, 6.07) is 7.04. The number of carbonyl (C=O) groups is 10. The molecule has 0 radical (unpaired) electrons. The molecule has 15 N–H and O–H groups in total. The van der Waals surface area contributed by atoms with Crippen LogP contribution in [0.15, 0.2) is 65.8 Å². The van der Waals surface area contributed by atoms with Crippen LogP contribution in [0.5, 0.6) is 0 Å². The molecule has 3 heterocycles. The fraction of sp³-hybridized carbons (Fsp3) is 0.500. The van der Waals surface area contributed by atoms with Gasteiger partial charge in [-0.2, -0.15) is 0 Å². The van der Waals surface area contributed by atoms with Gasteiger partial charge in [0.15, 0.2) is 5.96 Å². The number of amides is 10. The van der Waals surface area contributed by atoms with Gasteiger partial charge in [0.2, 0.25) is 59.1 Å². The lowest BCUT2D eigenvalue weighted by molar-refractivity contribution is -0.140. The minimum Gasteiger partial charge on any atom is -0.370 e. The Morgan fingerprint density at radius 3 is 2.04 bits per heavy atom. The molecule has 0 saturated carbocycles. The molecule has 74 heavy (non-hydrogen) atoms. The molecule has 400 valence electrons. The van der Waals surface area contributed by atoms with Crippen molar-refractivity contribution in [2.75, 3.05) is 26.2 Å². The maximum absolute atomic E-state index is 14.8. The van der Waals surface area contributed by atoms with E-state index < -0.39 is 133 Å². The minimum atomic E-state index is -1.55. The number of guanidine groups is 1. The Morgan fingerprint density at radius 2 is 1.35 bits per heavy atom. The predicted molar refractivity (Wildman–Crippen MR) is 273 cm³/mol. The van der Waals surface area contributed by atoms with E-state index >= 15 is 0 Å². The first kappa shape index (κ1) is 56.9. The first-order chi connectivity index (χ1) is 35.2. The van der Waals surface area contributed by atoms with Crippen LogP contribution in [0.2, 0.25) is 0 Å². The summed E-state index contributed by atoms with van der Waals surface area (Å²) in [5.41, 5.74) is 18.4. The van der Waals surface area contributed by atoms with E-state index in [4.69, 9.17) is 17.2 Å². The Morgan fingerprint density at radius 1 is 0.730 bits per heavy atom. The van der Waals surface area contributed by atoms with Gasteiger partial charge in [-0.1, -0.05) is 76.2 Å². The van der Waals surface area contributed by atoms with E-state index in [1.54, 1.807) is 70.3 Å². The summed E-state index contributed by atoms with van der Waals surface area (Å²) in [5.74, 6) is -8.78. The second-order valence-electron chi connectivity index (χ2n) is 19.2. The maximum atomic E-state index is 14.8. The Bertz CT molecular complexity index is 2550. The lowest BCUT2D eigenvalue weighted by atomic mass is 9.98. The van der Waals surface area contributed by atoms with Gasteiger partial charge >= 0.3 is 0 Å². The van der Waals surface area contributed by atoms with Crippen LogP contribution in [0, 0.1) is 11.8 Å². The summed E-state index contributed by atoms with van der Waals surface area (Å²) < 4.78 is 0. The smallest absolute Gasteiger partial charge is 0.243 e. The highest BCUT2D eigenvalue weighted by Crippen LogP contribution is 2.21. The van der Waals surface area contributed by atoms with Crippen molar-refractivity contribution in [1.82, 2.24) is 52.4 Å². The number of nitrogens with one attached hydrogen (secondary N) is 9. The third kappa shape index (κ3) is 16.5. The molecule has 24 nitrogen and oxygen atoms in total. The highest BCUT2D eigenvalue weighted by Gasteiger charge is 2.38. The first-order valence-corrected chi connectivity index (χ1v) is 24.8. The number of nitrogens with zero attached hydrogens (tertiary/aromatic N) is 2. The Hall–Kier alpha value is -8.05. The summed E-state index contributed by atoms with van der Waals surface area (Å²) in [6.45, 7) is 5.86. The zero-order valence-electron chi connectivity index (χ0n) is 42.2. The van der Waals surface area contributed by atoms with Gasteiger partial charge in [0.1, 0.15) is 42.3 Å². The summed E-state index contributed by atoms with van der Waals surface area (Å²) in [4.78, 5) is 146. The van der Waals surface area contributed by atoms with E-state index in [1.807, 2.05) is 18.2 Å². The normalized spacial score (nSPS) is 21.2. The highest BCUT2D eigenvalue weighted by molar-refractivity contribution is 5.99. The van der Waals surface area contributed by atoms with Crippen LogP contribution >= 0.6 is 0 Å². The molecule has 2 saturated heterocycles. The summed E-state index contributed by atoms with van der Waals surface area (Å²) in [5, 5.41) is 22.0. The van der Waals surface area contributed by atoms with Crippen LogP contribution in [0.4, 0.5) is 0 Å². The molecule has 2 aliphatic heterocycles. The van der Waals surface area contributed by atoms with Crippen molar-refractivity contribution in [3.05, 3.63) is 71.9 Å². The molecular formula is C50H70N14O10. The van der Waals surface area contributed by atoms with Crippen molar-refractivity contribution in [3.8, 4) is 0 Å². The SMILES string of the molecule is CC(C)[C@H](NC(=O)[C@@H]1CCC(=O)NCC(=O)N2CCC[C@H]2C(=O)N[C@H](Cc2ccccc2)C(=O)N[C@@H](CCCN=C(N)N)C(=O)N[C@@H](Cc2c[nH]c3ccccc23)C(=O)N1)C(=O)N[C@H](C(=O)NCC(N)=O)C(C)C. The number of H-pyrrole nitrogens is 1. The molecule has 2 aliphatic rings. The van der Waals surface area contributed by atoms with Crippen molar-refractivity contribution in [2.24, 2.45) is 34.0 Å². The minimum absolute atomic E-state index is 0.00352. The summed E-state index contributed by atoms with van der Waals surface area (Å²) in [7, 11) is 0. The highest BCUT2D eigenvalue weighted by atomic mass is 16.2. The molecule has 2 aromatic carbocycles. The molecule has 5 rings (SSSR count). The number of aromatic amines is 1. The van der Waals surface area contributed by atoms with Gasteiger partial charge in [-0.25, -0.2) is 0 Å². The molecule has 0 bridgehead atoms. The molecule has 1 aromatic heterocycles. The van der Waals surface area contributed by atoms with E-state index in [0.717, 1.165) is 10.9 Å². The Balaban J connectivity index is 1.53. The number of rotatable bonds is 17. The van der Waals surface area contributed by atoms with E-state index in [-0.39, 0.29) is 57.6 Å². The fourth-order valence-electron chi connectivity index (χ4n) is 8.74. The van der Waals surface area contributed by atoms with Crippen molar-refractivity contribution < 1.29 is 47.9 Å². The average molecular weight is 1030 g/mol. The third-order valence-corrected chi connectivity index (χ3v) is 12.8. The number of hydrogen-bond acceptors (Lipinski definition) is 11. The number of aliphatic imine (C=N–C) groups is 1. The van der Waals surface area contributed by atoms with Gasteiger partial charge in [0, 0.05) is 49.5 Å². The number of nitrogens with two attached hydrogens (primary N) is 3. The lowest BCUT2D eigenvalue weighted by Gasteiger charge is -2.30. The molecule has 2 fully saturated rings. The van der Waals surface area contributed by atoms with Gasteiger partial charge in [-0.15, -0.1) is 0 Å². The topological polar surface area (TPSA) is 376 Å². The van der Waals surface area contributed by atoms with Crippen LogP contribution in [0.3, 0.4) is 0 Å².